The van der Waals surface area contributed by atoms with Gasteiger partial charge in [0.25, 0.3) is 5.91 Å². The van der Waals surface area contributed by atoms with E-state index in [2.05, 4.69) is 20.3 Å². The van der Waals surface area contributed by atoms with Crippen molar-refractivity contribution in [2.45, 2.75) is 6.61 Å². The molecule has 0 spiro atoms. The summed E-state index contributed by atoms with van der Waals surface area (Å²) in [4.78, 5) is 23.8. The van der Waals surface area contributed by atoms with Gasteiger partial charge < -0.3 is 15.8 Å². The number of nitrogens with two attached hydrogens (primary N) is 1. The van der Waals surface area contributed by atoms with Crippen LogP contribution >= 0.6 is 11.6 Å². The van der Waals surface area contributed by atoms with Crippen molar-refractivity contribution in [2.75, 3.05) is 5.32 Å². The van der Waals surface area contributed by atoms with Crippen LogP contribution in [0.5, 0.6) is 5.75 Å². The standard InChI is InChI=1S/C21H15ClFN5O2/c22-16-9-14(4-6-18(16)30-11-12-2-1-7-25-10-12)26-20-15-5-3-13(23)8-17(15)27-21(28-20)19(24)29/h1-10H,11H2,(H2,24,29)(H,26,27,28). The Bertz CT molecular complexity index is 1240. The average Bonchev–Trinajstić information content (AvgIpc) is 2.73. The maximum Gasteiger partial charge on any atom is 0.286 e. The Labute approximate surface area is 175 Å². The highest BCUT2D eigenvalue weighted by Gasteiger charge is 2.13. The molecule has 2 aromatic heterocycles. The quantitative estimate of drug-likeness (QED) is 0.481. The number of hydrogen-bond donors (Lipinski definition) is 2. The molecule has 0 saturated heterocycles. The van der Waals surface area contributed by atoms with Gasteiger partial charge in [-0.1, -0.05) is 17.7 Å². The number of nitrogens with zero attached hydrogens (tertiary/aromatic N) is 3. The number of carbonyl (C=O) groups is 1. The van der Waals surface area contributed by atoms with E-state index < -0.39 is 11.7 Å². The fourth-order valence-corrected chi connectivity index (χ4v) is 3.02. The van der Waals surface area contributed by atoms with Gasteiger partial charge in [-0.15, -0.1) is 0 Å². The van der Waals surface area contributed by atoms with E-state index in [9.17, 15) is 9.18 Å². The highest BCUT2D eigenvalue weighted by Crippen LogP contribution is 2.31. The summed E-state index contributed by atoms with van der Waals surface area (Å²) in [6.07, 6.45) is 3.40. The Morgan fingerprint density at radius 2 is 2.03 bits per heavy atom. The normalized spacial score (nSPS) is 10.7. The highest BCUT2D eigenvalue weighted by molar-refractivity contribution is 6.32. The topological polar surface area (TPSA) is 103 Å². The van der Waals surface area contributed by atoms with Crippen molar-refractivity contribution in [1.29, 1.82) is 0 Å². The lowest BCUT2D eigenvalue weighted by Crippen LogP contribution is -2.16. The van der Waals surface area contributed by atoms with Crippen LogP contribution in [-0.4, -0.2) is 20.9 Å². The number of fused-ring (bicyclic) bond motifs is 1. The van der Waals surface area contributed by atoms with Crippen LogP contribution in [0.1, 0.15) is 16.2 Å². The zero-order valence-corrected chi connectivity index (χ0v) is 16.2. The van der Waals surface area contributed by atoms with Crippen LogP contribution in [0.4, 0.5) is 15.9 Å². The molecule has 0 aliphatic rings. The van der Waals surface area contributed by atoms with E-state index in [1.165, 1.54) is 18.2 Å². The maximum atomic E-state index is 13.6. The molecule has 0 radical (unpaired) electrons. The number of benzene rings is 2. The molecule has 2 heterocycles. The number of primary amides is 1. The van der Waals surface area contributed by atoms with E-state index in [1.54, 1.807) is 30.6 Å². The van der Waals surface area contributed by atoms with E-state index >= 15 is 0 Å². The first-order valence-corrected chi connectivity index (χ1v) is 9.23. The molecule has 0 saturated carbocycles. The van der Waals surface area contributed by atoms with Crippen molar-refractivity contribution in [2.24, 2.45) is 5.73 Å². The van der Waals surface area contributed by atoms with Gasteiger partial charge in [-0.25, -0.2) is 14.4 Å². The molecule has 1 amide bonds. The number of rotatable bonds is 6. The van der Waals surface area contributed by atoms with Crippen molar-refractivity contribution in [3.05, 3.63) is 83.2 Å². The first-order valence-electron chi connectivity index (χ1n) is 8.85. The van der Waals surface area contributed by atoms with Crippen LogP contribution < -0.4 is 15.8 Å². The van der Waals surface area contributed by atoms with Crippen LogP contribution in [-0.2, 0) is 6.61 Å². The third kappa shape index (κ3) is 4.28. The zero-order valence-electron chi connectivity index (χ0n) is 15.5. The van der Waals surface area contributed by atoms with E-state index in [4.69, 9.17) is 22.1 Å². The number of anilines is 2. The molecule has 3 N–H and O–H groups in total. The summed E-state index contributed by atoms with van der Waals surface area (Å²) in [6, 6.07) is 12.8. The molecule has 0 unspecified atom stereocenters. The van der Waals surface area contributed by atoms with E-state index in [0.717, 1.165) is 5.56 Å². The van der Waals surface area contributed by atoms with Gasteiger partial charge in [0.15, 0.2) is 0 Å². The fraction of sp³-hybridized carbons (Fsp3) is 0.0476. The average molecular weight is 424 g/mol. The van der Waals surface area contributed by atoms with Gasteiger partial charge in [-0.2, -0.15) is 0 Å². The SMILES string of the molecule is NC(=O)c1nc(Nc2ccc(OCc3cccnc3)c(Cl)c2)c2ccc(F)cc2n1. The van der Waals surface area contributed by atoms with Crippen LogP contribution in [0.2, 0.25) is 5.02 Å². The summed E-state index contributed by atoms with van der Waals surface area (Å²) in [5, 5.41) is 3.97. The molecule has 4 aromatic rings. The van der Waals surface area contributed by atoms with Crippen molar-refractivity contribution >= 4 is 39.9 Å². The van der Waals surface area contributed by atoms with Gasteiger partial charge in [-0.3, -0.25) is 9.78 Å². The Kier molecular flexibility index (Phi) is 5.40. The van der Waals surface area contributed by atoms with Gasteiger partial charge in [0.2, 0.25) is 5.82 Å². The maximum absolute atomic E-state index is 13.6. The Balaban J connectivity index is 1.60. The molecule has 0 fully saturated rings. The highest BCUT2D eigenvalue weighted by atomic mass is 35.5. The van der Waals surface area contributed by atoms with Crippen molar-refractivity contribution < 1.29 is 13.9 Å². The predicted octanol–water partition coefficient (Wildman–Crippen LogP) is 4.24. The third-order valence-electron chi connectivity index (χ3n) is 4.19. The summed E-state index contributed by atoms with van der Waals surface area (Å²) in [6.45, 7) is 0.324. The number of hydrogen-bond acceptors (Lipinski definition) is 6. The molecule has 7 nitrogen and oxygen atoms in total. The number of ether oxygens (including phenoxy) is 1. The number of pyridine rings is 1. The summed E-state index contributed by atoms with van der Waals surface area (Å²) in [7, 11) is 0. The van der Waals surface area contributed by atoms with Crippen LogP contribution in [0.3, 0.4) is 0 Å². The first kappa shape index (κ1) is 19.5. The summed E-state index contributed by atoms with van der Waals surface area (Å²) in [5.74, 6) is -0.729. The lowest BCUT2D eigenvalue weighted by atomic mass is 10.2. The Morgan fingerprint density at radius 3 is 2.77 bits per heavy atom. The van der Waals surface area contributed by atoms with Crippen molar-refractivity contribution in [3.63, 3.8) is 0 Å². The molecule has 0 bridgehead atoms. The van der Waals surface area contributed by atoms with Gasteiger partial charge in [0.1, 0.15) is 24.0 Å². The molecule has 30 heavy (non-hydrogen) atoms. The second-order valence-electron chi connectivity index (χ2n) is 6.34. The van der Waals surface area contributed by atoms with E-state index in [-0.39, 0.29) is 11.3 Å². The minimum atomic E-state index is -0.818. The number of amides is 1. The predicted molar refractivity (Wildman–Crippen MR) is 111 cm³/mol. The lowest BCUT2D eigenvalue weighted by molar-refractivity contribution is 0.0991. The summed E-state index contributed by atoms with van der Waals surface area (Å²) in [5.41, 5.74) is 7.06. The molecule has 0 atom stereocenters. The molecule has 2 aromatic carbocycles. The number of nitrogens with one attached hydrogen (secondary N) is 1. The number of halogens is 2. The second-order valence-corrected chi connectivity index (χ2v) is 6.75. The molecule has 4 rings (SSSR count). The van der Waals surface area contributed by atoms with Crippen molar-refractivity contribution in [3.8, 4) is 5.75 Å². The third-order valence-corrected chi connectivity index (χ3v) is 4.49. The van der Waals surface area contributed by atoms with Crippen LogP contribution in [0.15, 0.2) is 60.9 Å². The number of aromatic nitrogens is 3. The van der Waals surface area contributed by atoms with Gasteiger partial charge in [0, 0.05) is 35.1 Å². The molecular formula is C21H15ClFN5O2. The lowest BCUT2D eigenvalue weighted by Gasteiger charge is -2.12. The first-order chi connectivity index (χ1) is 14.5. The second kappa shape index (κ2) is 8.30. The minimum Gasteiger partial charge on any atom is -0.487 e. The zero-order chi connectivity index (χ0) is 21.1. The van der Waals surface area contributed by atoms with Gasteiger partial charge >= 0.3 is 0 Å². The van der Waals surface area contributed by atoms with E-state index in [1.807, 2.05) is 12.1 Å². The van der Waals surface area contributed by atoms with Crippen LogP contribution in [0.25, 0.3) is 10.9 Å². The van der Waals surface area contributed by atoms with E-state index in [0.29, 0.717) is 34.3 Å². The van der Waals surface area contributed by atoms with Crippen molar-refractivity contribution in [1.82, 2.24) is 15.0 Å². The molecule has 0 aliphatic carbocycles. The molecule has 150 valence electrons. The monoisotopic (exact) mass is 423 g/mol. The molecular weight excluding hydrogens is 409 g/mol. The minimum absolute atomic E-state index is 0.224. The Hall–Kier alpha value is -3.78. The summed E-state index contributed by atoms with van der Waals surface area (Å²) < 4.78 is 19.3. The summed E-state index contributed by atoms with van der Waals surface area (Å²) >= 11 is 6.35. The Morgan fingerprint density at radius 1 is 1.17 bits per heavy atom. The van der Waals surface area contributed by atoms with Crippen LogP contribution in [0, 0.1) is 5.82 Å². The number of carbonyl (C=O) groups excluding carboxylic acids is 1. The largest absolute Gasteiger partial charge is 0.487 e. The smallest absolute Gasteiger partial charge is 0.286 e. The van der Waals surface area contributed by atoms with Gasteiger partial charge in [-0.05, 0) is 36.4 Å². The fourth-order valence-electron chi connectivity index (χ4n) is 2.79. The van der Waals surface area contributed by atoms with Gasteiger partial charge in [0.05, 0.1) is 10.5 Å². The molecule has 0 aliphatic heterocycles. The molecule has 9 heteroatoms.